The Labute approximate surface area is 161 Å². The molecule has 2 fully saturated rings. The average Bonchev–Trinajstić information content (AvgIpc) is 2.63. The van der Waals surface area contributed by atoms with Crippen LogP contribution in [0.15, 0.2) is 0 Å². The molecule has 0 radical (unpaired) electrons. The second kappa shape index (κ2) is 10.7. The third kappa shape index (κ3) is 5.25. The minimum Gasteiger partial charge on any atom is -0.382 e. The Morgan fingerprint density at radius 1 is 1.00 bits per heavy atom. The smallest absolute Gasteiger partial charge is 0.168 e. The van der Waals surface area contributed by atoms with Gasteiger partial charge in [0.15, 0.2) is 11.3 Å². The van der Waals surface area contributed by atoms with Crippen LogP contribution in [-0.4, -0.2) is 82.9 Å². The minimum atomic E-state index is -0.490. The highest BCUT2D eigenvalue weighted by atomic mass is 32.1. The molecule has 7 atom stereocenters. The summed E-state index contributed by atoms with van der Waals surface area (Å²) < 4.78 is 28.3. The molecule has 4 N–H and O–H groups in total. The van der Waals surface area contributed by atoms with Gasteiger partial charge in [0.2, 0.25) is 0 Å². The first-order valence-electron chi connectivity index (χ1n) is 9.11. The molecule has 0 unspecified atom stereocenters. The van der Waals surface area contributed by atoms with Gasteiger partial charge in [0.1, 0.15) is 24.4 Å². The zero-order valence-corrected chi connectivity index (χ0v) is 16.9. The van der Waals surface area contributed by atoms with Gasteiger partial charge in [0, 0.05) is 40.5 Å². The van der Waals surface area contributed by atoms with E-state index in [-0.39, 0.29) is 30.4 Å². The van der Waals surface area contributed by atoms with E-state index in [2.05, 4.69) is 10.6 Å². The molecule has 2 rings (SSSR count). The van der Waals surface area contributed by atoms with Gasteiger partial charge in [-0.2, -0.15) is 0 Å². The predicted octanol–water partition coefficient (Wildman–Crippen LogP) is 0.137. The molecule has 0 amide bonds. The lowest BCUT2D eigenvalue weighted by molar-refractivity contribution is -0.252. The first-order valence-corrected chi connectivity index (χ1v) is 9.51. The number of thiocarbonyl (C=S) groups is 1. The summed E-state index contributed by atoms with van der Waals surface area (Å²) in [7, 11) is 6.50. The summed E-state index contributed by atoms with van der Waals surface area (Å²) in [4.78, 5) is 0. The van der Waals surface area contributed by atoms with Crippen molar-refractivity contribution in [3.8, 4) is 0 Å². The van der Waals surface area contributed by atoms with Gasteiger partial charge in [-0.3, -0.25) is 0 Å². The molecular formula is C17H33N3O5S. The fourth-order valence-electron chi connectivity index (χ4n) is 3.82. The number of methoxy groups -OCH3 is 4. The second-order valence-electron chi connectivity index (χ2n) is 6.82. The summed E-state index contributed by atoms with van der Waals surface area (Å²) >= 11 is 5.49. The molecular weight excluding hydrogens is 358 g/mol. The number of hydrogen-bond acceptors (Lipinski definition) is 7. The van der Waals surface area contributed by atoms with Crippen molar-refractivity contribution in [1.29, 1.82) is 0 Å². The second-order valence-corrected chi connectivity index (χ2v) is 7.23. The van der Waals surface area contributed by atoms with E-state index in [0.29, 0.717) is 11.7 Å². The van der Waals surface area contributed by atoms with Crippen LogP contribution in [0.5, 0.6) is 0 Å². The quantitative estimate of drug-likeness (QED) is 0.524. The number of nitrogens with two attached hydrogens (primary N) is 1. The Hall–Kier alpha value is -0.550. The largest absolute Gasteiger partial charge is 0.382 e. The summed E-state index contributed by atoms with van der Waals surface area (Å²) in [6.45, 7) is 0.376. The maximum absolute atomic E-state index is 6.20. The number of rotatable bonds is 7. The van der Waals surface area contributed by atoms with Crippen molar-refractivity contribution >= 4 is 17.3 Å². The van der Waals surface area contributed by atoms with Crippen molar-refractivity contribution in [2.24, 2.45) is 5.73 Å². The van der Waals surface area contributed by atoms with Crippen LogP contribution in [0.2, 0.25) is 0 Å². The van der Waals surface area contributed by atoms with Crippen LogP contribution in [0.1, 0.15) is 25.7 Å². The van der Waals surface area contributed by atoms with E-state index >= 15 is 0 Å². The third-order valence-corrected chi connectivity index (χ3v) is 5.43. The first-order chi connectivity index (χ1) is 12.5. The average molecular weight is 392 g/mol. The van der Waals surface area contributed by atoms with Crippen molar-refractivity contribution in [1.82, 2.24) is 10.6 Å². The van der Waals surface area contributed by atoms with E-state index in [1.807, 2.05) is 0 Å². The van der Waals surface area contributed by atoms with E-state index < -0.39 is 12.3 Å². The molecule has 26 heavy (non-hydrogen) atoms. The first kappa shape index (κ1) is 21.7. The Kier molecular flexibility index (Phi) is 8.95. The lowest BCUT2D eigenvalue weighted by atomic mass is 9.91. The standard InChI is InChI=1S/C17H33N3O5S/c1-21-9-12-13(22-2)14(23-3)15(24-4)16(25-12)20-17(26)19-11-8-6-5-7-10(11)18/h10-16H,5-9,18H2,1-4H3,(H2,19,20,26)/t10-,11-,12-,13-,14+,15-,16-/m1/s1. The van der Waals surface area contributed by atoms with Crippen LogP contribution in [-0.2, 0) is 23.7 Å². The van der Waals surface area contributed by atoms with Gasteiger partial charge in [-0.15, -0.1) is 0 Å². The summed E-state index contributed by atoms with van der Waals surface area (Å²) in [6.07, 6.45) is 2.54. The van der Waals surface area contributed by atoms with Crippen molar-refractivity contribution in [2.45, 2.75) is 68.4 Å². The van der Waals surface area contributed by atoms with Crippen LogP contribution in [0.4, 0.5) is 0 Å². The molecule has 1 aliphatic carbocycles. The highest BCUT2D eigenvalue weighted by Crippen LogP contribution is 2.26. The van der Waals surface area contributed by atoms with Gasteiger partial charge in [-0.05, 0) is 25.1 Å². The Morgan fingerprint density at radius 2 is 1.65 bits per heavy atom. The Bertz CT molecular complexity index is 445. The third-order valence-electron chi connectivity index (χ3n) is 5.19. The SMILES string of the molecule is COC[C@H]1O[C@@H](NC(=S)N[C@@H]2CCCC[C@H]2N)[C@H](OC)[C@@H](OC)[C@@H]1OC. The van der Waals surface area contributed by atoms with Crippen molar-refractivity contribution in [2.75, 3.05) is 35.0 Å². The molecule has 9 heteroatoms. The lowest BCUT2D eigenvalue weighted by Crippen LogP contribution is -2.66. The summed E-state index contributed by atoms with van der Waals surface area (Å²) in [5.41, 5.74) is 6.20. The minimum absolute atomic E-state index is 0.111. The van der Waals surface area contributed by atoms with Gasteiger partial charge in [0.25, 0.3) is 0 Å². The van der Waals surface area contributed by atoms with Gasteiger partial charge in [-0.25, -0.2) is 0 Å². The van der Waals surface area contributed by atoms with E-state index in [0.717, 1.165) is 19.3 Å². The predicted molar refractivity (Wildman–Crippen MR) is 102 cm³/mol. The van der Waals surface area contributed by atoms with E-state index in [4.69, 9.17) is 41.6 Å². The number of hydrogen-bond donors (Lipinski definition) is 3. The molecule has 1 heterocycles. The monoisotopic (exact) mass is 391 g/mol. The molecule has 1 saturated heterocycles. The van der Waals surface area contributed by atoms with Crippen molar-refractivity contribution in [3.63, 3.8) is 0 Å². The lowest BCUT2D eigenvalue weighted by Gasteiger charge is -2.45. The maximum atomic E-state index is 6.20. The summed E-state index contributed by atoms with van der Waals surface area (Å²) in [6, 6.07) is 0.285. The highest BCUT2D eigenvalue weighted by Gasteiger charge is 2.47. The van der Waals surface area contributed by atoms with Crippen molar-refractivity contribution < 1.29 is 23.7 Å². The van der Waals surface area contributed by atoms with E-state index in [9.17, 15) is 0 Å². The normalized spacial score (nSPS) is 38.0. The van der Waals surface area contributed by atoms with Crippen LogP contribution in [0.3, 0.4) is 0 Å². The van der Waals surface area contributed by atoms with Crippen LogP contribution < -0.4 is 16.4 Å². The molecule has 2 aliphatic rings. The summed E-state index contributed by atoms with van der Waals surface area (Å²) in [5.74, 6) is 0. The molecule has 0 bridgehead atoms. The van der Waals surface area contributed by atoms with Crippen LogP contribution >= 0.6 is 12.2 Å². The molecule has 0 aromatic carbocycles. The molecule has 152 valence electrons. The van der Waals surface area contributed by atoms with Gasteiger partial charge in [0.05, 0.1) is 6.61 Å². The molecule has 0 aromatic heterocycles. The molecule has 0 aromatic rings. The van der Waals surface area contributed by atoms with E-state index in [1.165, 1.54) is 6.42 Å². The van der Waals surface area contributed by atoms with E-state index in [1.54, 1.807) is 28.4 Å². The summed E-state index contributed by atoms with van der Waals surface area (Å²) in [5, 5.41) is 7.03. The molecule has 1 saturated carbocycles. The topological polar surface area (TPSA) is 96.2 Å². The highest BCUT2D eigenvalue weighted by molar-refractivity contribution is 7.80. The zero-order chi connectivity index (χ0) is 19.1. The van der Waals surface area contributed by atoms with Gasteiger partial charge >= 0.3 is 0 Å². The van der Waals surface area contributed by atoms with Gasteiger partial charge < -0.3 is 40.1 Å². The Balaban J connectivity index is 2.03. The van der Waals surface area contributed by atoms with Crippen molar-refractivity contribution in [3.05, 3.63) is 0 Å². The van der Waals surface area contributed by atoms with Gasteiger partial charge in [-0.1, -0.05) is 12.8 Å². The fraction of sp³-hybridized carbons (Fsp3) is 0.941. The molecule has 8 nitrogen and oxygen atoms in total. The fourth-order valence-corrected chi connectivity index (χ4v) is 4.09. The van der Waals surface area contributed by atoms with Crippen LogP contribution in [0.25, 0.3) is 0 Å². The maximum Gasteiger partial charge on any atom is 0.168 e. The Morgan fingerprint density at radius 3 is 2.23 bits per heavy atom. The molecule has 0 spiro atoms. The molecule has 1 aliphatic heterocycles. The zero-order valence-electron chi connectivity index (χ0n) is 16.1. The number of nitrogens with one attached hydrogen (secondary N) is 2. The van der Waals surface area contributed by atoms with Crippen LogP contribution in [0, 0.1) is 0 Å². The number of ether oxygens (including phenoxy) is 5.